The number of nitrogens with zero attached hydrogens (tertiary/aromatic N) is 1. The molecule has 0 aliphatic carbocycles. The van der Waals surface area contributed by atoms with Crippen molar-refractivity contribution >= 4 is 5.91 Å². The normalized spacial score (nSPS) is 11.8. The summed E-state index contributed by atoms with van der Waals surface area (Å²) in [6.45, 7) is 1.99. The molecule has 1 atom stereocenters. The molecule has 1 amide bonds. The van der Waals surface area contributed by atoms with Gasteiger partial charge in [-0.1, -0.05) is 25.1 Å². The van der Waals surface area contributed by atoms with Crippen molar-refractivity contribution < 1.29 is 13.9 Å². The lowest BCUT2D eigenvalue weighted by Crippen LogP contribution is -2.15. The molecule has 1 aromatic heterocycles. The zero-order chi connectivity index (χ0) is 18.7. The molecule has 0 radical (unpaired) electrons. The minimum atomic E-state index is -0.560. The average Bonchev–Trinajstić information content (AvgIpc) is 2.67. The SMILES string of the molecule is COc1c(C(N)=O)ccc(-c2ccncc2)c1[C@H](C)c1ccc(F)cc1. The van der Waals surface area contributed by atoms with E-state index in [1.165, 1.54) is 19.2 Å². The third-order valence-corrected chi connectivity index (χ3v) is 4.46. The molecule has 0 fully saturated rings. The highest BCUT2D eigenvalue weighted by molar-refractivity contribution is 5.97. The maximum Gasteiger partial charge on any atom is 0.252 e. The minimum Gasteiger partial charge on any atom is -0.496 e. The quantitative estimate of drug-likeness (QED) is 0.752. The summed E-state index contributed by atoms with van der Waals surface area (Å²) < 4.78 is 18.9. The van der Waals surface area contributed by atoms with E-state index in [2.05, 4.69) is 4.98 Å². The number of rotatable bonds is 5. The number of hydrogen-bond donors (Lipinski definition) is 1. The van der Waals surface area contributed by atoms with Crippen molar-refractivity contribution in [2.45, 2.75) is 12.8 Å². The monoisotopic (exact) mass is 350 g/mol. The fourth-order valence-electron chi connectivity index (χ4n) is 3.14. The molecule has 0 aliphatic heterocycles. The summed E-state index contributed by atoms with van der Waals surface area (Å²) in [5.74, 6) is -0.569. The molecule has 0 bridgehead atoms. The summed E-state index contributed by atoms with van der Waals surface area (Å²) in [5, 5.41) is 0. The predicted octanol–water partition coefficient (Wildman–Crippen LogP) is 4.15. The number of hydrogen-bond acceptors (Lipinski definition) is 3. The van der Waals surface area contributed by atoms with Gasteiger partial charge < -0.3 is 10.5 Å². The smallest absolute Gasteiger partial charge is 0.252 e. The number of carbonyl (C=O) groups is 1. The van der Waals surface area contributed by atoms with Crippen LogP contribution < -0.4 is 10.5 Å². The van der Waals surface area contributed by atoms with E-state index in [0.29, 0.717) is 11.3 Å². The molecule has 2 N–H and O–H groups in total. The largest absolute Gasteiger partial charge is 0.496 e. The van der Waals surface area contributed by atoms with Crippen molar-refractivity contribution in [3.05, 3.63) is 83.4 Å². The molecular weight excluding hydrogens is 331 g/mol. The lowest BCUT2D eigenvalue weighted by molar-refractivity contribution is 0.0997. The molecule has 0 saturated carbocycles. The first-order valence-corrected chi connectivity index (χ1v) is 8.19. The van der Waals surface area contributed by atoms with Gasteiger partial charge in [-0.2, -0.15) is 0 Å². The standard InChI is InChI=1S/C21H19FN2O2/c1-13(14-3-5-16(22)6-4-14)19-17(15-9-11-24-12-10-15)7-8-18(21(23)25)20(19)26-2/h3-13H,1-2H3,(H2,23,25)/t13-/m1/s1. The Bertz CT molecular complexity index is 925. The molecule has 132 valence electrons. The lowest BCUT2D eigenvalue weighted by Gasteiger charge is -2.22. The first kappa shape index (κ1) is 17.6. The molecule has 5 heteroatoms. The molecule has 0 aliphatic rings. The van der Waals surface area contributed by atoms with Crippen LogP contribution in [0.15, 0.2) is 60.9 Å². The van der Waals surface area contributed by atoms with Gasteiger partial charge in [0.05, 0.1) is 12.7 Å². The van der Waals surface area contributed by atoms with Gasteiger partial charge in [0.2, 0.25) is 0 Å². The van der Waals surface area contributed by atoms with Crippen molar-refractivity contribution in [1.29, 1.82) is 0 Å². The molecule has 0 spiro atoms. The van der Waals surface area contributed by atoms with Crippen molar-refractivity contribution in [3.8, 4) is 16.9 Å². The van der Waals surface area contributed by atoms with Crippen molar-refractivity contribution in [2.24, 2.45) is 5.73 Å². The van der Waals surface area contributed by atoms with Crippen LogP contribution in [-0.2, 0) is 0 Å². The maximum atomic E-state index is 13.3. The number of primary amides is 1. The molecule has 3 rings (SSSR count). The molecule has 0 unspecified atom stereocenters. The second kappa shape index (κ2) is 7.35. The Kier molecular flexibility index (Phi) is 4.98. The van der Waals surface area contributed by atoms with Gasteiger partial charge in [0.25, 0.3) is 5.91 Å². The lowest BCUT2D eigenvalue weighted by atomic mass is 9.85. The predicted molar refractivity (Wildman–Crippen MR) is 98.7 cm³/mol. The Morgan fingerprint density at radius 1 is 1.08 bits per heavy atom. The third kappa shape index (κ3) is 3.28. The summed E-state index contributed by atoms with van der Waals surface area (Å²) in [6, 6.07) is 13.6. The number of pyridine rings is 1. The Hall–Kier alpha value is -3.21. The molecule has 2 aromatic carbocycles. The average molecular weight is 350 g/mol. The van der Waals surface area contributed by atoms with Crippen LogP contribution in [0.1, 0.15) is 34.3 Å². The molecular formula is C21H19FN2O2. The van der Waals surface area contributed by atoms with E-state index in [4.69, 9.17) is 10.5 Å². The highest BCUT2D eigenvalue weighted by Crippen LogP contribution is 2.41. The topological polar surface area (TPSA) is 65.2 Å². The second-order valence-corrected chi connectivity index (χ2v) is 5.98. The first-order valence-electron chi connectivity index (χ1n) is 8.19. The number of nitrogens with two attached hydrogens (primary N) is 1. The maximum absolute atomic E-state index is 13.3. The number of benzene rings is 2. The van der Waals surface area contributed by atoms with Crippen LogP contribution in [0.2, 0.25) is 0 Å². The van der Waals surface area contributed by atoms with Crippen molar-refractivity contribution in [1.82, 2.24) is 4.98 Å². The van der Waals surface area contributed by atoms with Crippen LogP contribution in [0.25, 0.3) is 11.1 Å². The number of methoxy groups -OCH3 is 1. The number of carbonyl (C=O) groups excluding carboxylic acids is 1. The van der Waals surface area contributed by atoms with Gasteiger partial charge in [-0.3, -0.25) is 9.78 Å². The number of aromatic nitrogens is 1. The van der Waals surface area contributed by atoms with Crippen LogP contribution in [0.4, 0.5) is 4.39 Å². The zero-order valence-corrected chi connectivity index (χ0v) is 14.6. The van der Waals surface area contributed by atoms with Gasteiger partial charge in [-0.15, -0.1) is 0 Å². The summed E-state index contributed by atoms with van der Waals surface area (Å²) >= 11 is 0. The number of ether oxygens (including phenoxy) is 1. The zero-order valence-electron chi connectivity index (χ0n) is 14.6. The third-order valence-electron chi connectivity index (χ3n) is 4.46. The van der Waals surface area contributed by atoms with E-state index in [-0.39, 0.29) is 11.7 Å². The summed E-state index contributed by atoms with van der Waals surface area (Å²) in [7, 11) is 1.51. The Morgan fingerprint density at radius 3 is 2.31 bits per heavy atom. The van der Waals surface area contributed by atoms with E-state index in [0.717, 1.165) is 22.3 Å². The highest BCUT2D eigenvalue weighted by atomic mass is 19.1. The molecule has 0 saturated heterocycles. The van der Waals surface area contributed by atoms with Crippen LogP contribution in [0, 0.1) is 5.82 Å². The fraction of sp³-hybridized carbons (Fsp3) is 0.143. The van der Waals surface area contributed by atoms with Crippen LogP contribution in [0.3, 0.4) is 0 Å². The minimum absolute atomic E-state index is 0.145. The van der Waals surface area contributed by atoms with E-state index < -0.39 is 5.91 Å². The number of amides is 1. The van der Waals surface area contributed by atoms with Gasteiger partial charge >= 0.3 is 0 Å². The molecule has 4 nitrogen and oxygen atoms in total. The fourth-order valence-corrected chi connectivity index (χ4v) is 3.14. The molecule has 26 heavy (non-hydrogen) atoms. The van der Waals surface area contributed by atoms with Crippen LogP contribution in [0.5, 0.6) is 5.75 Å². The molecule has 3 aromatic rings. The Labute approximate surface area is 151 Å². The van der Waals surface area contributed by atoms with Crippen LogP contribution in [-0.4, -0.2) is 18.0 Å². The van der Waals surface area contributed by atoms with Crippen molar-refractivity contribution in [3.63, 3.8) is 0 Å². The first-order chi connectivity index (χ1) is 12.5. The highest BCUT2D eigenvalue weighted by Gasteiger charge is 2.23. The van der Waals surface area contributed by atoms with Gasteiger partial charge in [0.15, 0.2) is 0 Å². The van der Waals surface area contributed by atoms with E-state index in [1.54, 1.807) is 30.6 Å². The van der Waals surface area contributed by atoms with E-state index in [1.807, 2.05) is 25.1 Å². The van der Waals surface area contributed by atoms with Gasteiger partial charge in [-0.05, 0) is 47.0 Å². The second-order valence-electron chi connectivity index (χ2n) is 5.98. The van der Waals surface area contributed by atoms with Gasteiger partial charge in [-0.25, -0.2) is 4.39 Å². The van der Waals surface area contributed by atoms with Crippen LogP contribution >= 0.6 is 0 Å². The van der Waals surface area contributed by atoms with E-state index in [9.17, 15) is 9.18 Å². The summed E-state index contributed by atoms with van der Waals surface area (Å²) in [6.07, 6.45) is 3.41. The molecule has 1 heterocycles. The van der Waals surface area contributed by atoms with Gasteiger partial charge in [0.1, 0.15) is 11.6 Å². The summed E-state index contributed by atoms with van der Waals surface area (Å²) in [4.78, 5) is 15.9. The Balaban J connectivity index is 2.26. The van der Waals surface area contributed by atoms with Gasteiger partial charge in [0, 0.05) is 23.9 Å². The van der Waals surface area contributed by atoms with Crippen molar-refractivity contribution in [2.75, 3.05) is 7.11 Å². The number of halogens is 1. The van der Waals surface area contributed by atoms with E-state index >= 15 is 0 Å². The summed E-state index contributed by atoms with van der Waals surface area (Å²) in [5.41, 5.74) is 9.42. The Morgan fingerprint density at radius 2 is 1.73 bits per heavy atom.